The van der Waals surface area contributed by atoms with E-state index in [9.17, 15) is 8.42 Å². The van der Waals surface area contributed by atoms with E-state index < -0.39 is 9.84 Å². The molecular formula is C15H14ClNO3S. The molecule has 0 fully saturated rings. The van der Waals surface area contributed by atoms with Crippen molar-refractivity contribution in [2.75, 3.05) is 12.3 Å². The van der Waals surface area contributed by atoms with Crippen LogP contribution in [0, 0.1) is 0 Å². The number of hydrogen-bond donors (Lipinski definition) is 1. The van der Waals surface area contributed by atoms with Crippen LogP contribution in [0.5, 0.6) is 5.75 Å². The van der Waals surface area contributed by atoms with Crippen molar-refractivity contribution in [3.63, 3.8) is 0 Å². The lowest BCUT2D eigenvalue weighted by atomic mass is 10.1. The van der Waals surface area contributed by atoms with Crippen LogP contribution in [0.4, 0.5) is 5.69 Å². The van der Waals surface area contributed by atoms with E-state index >= 15 is 0 Å². The number of halogens is 1. The average molecular weight is 324 g/mol. The Morgan fingerprint density at radius 2 is 1.90 bits per heavy atom. The molecule has 0 unspecified atom stereocenters. The van der Waals surface area contributed by atoms with E-state index in [0.717, 1.165) is 12.0 Å². The lowest BCUT2D eigenvalue weighted by Crippen LogP contribution is -2.06. The fourth-order valence-corrected chi connectivity index (χ4v) is 4.02. The summed E-state index contributed by atoms with van der Waals surface area (Å²) in [6.45, 7) is 0.560. The molecule has 110 valence electrons. The minimum Gasteiger partial charge on any atom is -0.493 e. The maximum absolute atomic E-state index is 12.5. The molecule has 2 aromatic carbocycles. The molecule has 1 heterocycles. The summed E-state index contributed by atoms with van der Waals surface area (Å²) in [5.74, 6) is 0.512. The van der Waals surface area contributed by atoms with Gasteiger partial charge in [0, 0.05) is 22.7 Å². The van der Waals surface area contributed by atoms with Crippen molar-refractivity contribution in [2.45, 2.75) is 17.1 Å². The highest BCUT2D eigenvalue weighted by Gasteiger charge is 2.23. The monoisotopic (exact) mass is 323 g/mol. The third kappa shape index (κ3) is 2.84. The van der Waals surface area contributed by atoms with Gasteiger partial charge in [0.15, 0.2) is 9.84 Å². The normalized spacial score (nSPS) is 13.8. The van der Waals surface area contributed by atoms with Crippen LogP contribution in [-0.4, -0.2) is 15.0 Å². The summed E-state index contributed by atoms with van der Waals surface area (Å²) >= 11 is 6.06. The molecule has 2 N–H and O–H groups in total. The number of hydrogen-bond acceptors (Lipinski definition) is 4. The van der Waals surface area contributed by atoms with Crippen LogP contribution in [0.3, 0.4) is 0 Å². The third-order valence-corrected chi connectivity index (χ3v) is 5.31. The van der Waals surface area contributed by atoms with E-state index in [1.165, 1.54) is 12.1 Å². The summed E-state index contributed by atoms with van der Waals surface area (Å²) in [6.07, 6.45) is 0.755. The van der Waals surface area contributed by atoms with Gasteiger partial charge < -0.3 is 10.5 Å². The molecular weight excluding hydrogens is 310 g/mol. The van der Waals surface area contributed by atoms with Crippen molar-refractivity contribution < 1.29 is 13.2 Å². The molecule has 0 saturated heterocycles. The maximum atomic E-state index is 12.5. The minimum atomic E-state index is -3.46. The van der Waals surface area contributed by atoms with Gasteiger partial charge in [-0.25, -0.2) is 8.42 Å². The van der Waals surface area contributed by atoms with Crippen LogP contribution in [0.15, 0.2) is 41.3 Å². The predicted octanol–water partition coefficient (Wildman–Crippen LogP) is 2.83. The first-order chi connectivity index (χ1) is 9.95. The highest BCUT2D eigenvalue weighted by atomic mass is 35.5. The molecule has 6 heteroatoms. The van der Waals surface area contributed by atoms with Gasteiger partial charge in [-0.2, -0.15) is 0 Å². The number of sulfone groups is 1. The Labute approximate surface area is 128 Å². The zero-order valence-electron chi connectivity index (χ0n) is 11.2. The molecule has 1 aliphatic rings. The van der Waals surface area contributed by atoms with Gasteiger partial charge in [-0.05, 0) is 42.0 Å². The molecule has 0 spiro atoms. The number of rotatable bonds is 3. The van der Waals surface area contributed by atoms with Crippen LogP contribution in [0.25, 0.3) is 0 Å². The van der Waals surface area contributed by atoms with Gasteiger partial charge in [0.25, 0.3) is 0 Å². The molecule has 0 radical (unpaired) electrons. The van der Waals surface area contributed by atoms with Crippen molar-refractivity contribution in [1.82, 2.24) is 0 Å². The lowest BCUT2D eigenvalue weighted by Gasteiger charge is -2.10. The topological polar surface area (TPSA) is 69.4 Å². The maximum Gasteiger partial charge on any atom is 0.182 e. The van der Waals surface area contributed by atoms with E-state index in [-0.39, 0.29) is 10.6 Å². The quantitative estimate of drug-likeness (QED) is 0.882. The largest absolute Gasteiger partial charge is 0.493 e. The summed E-state index contributed by atoms with van der Waals surface area (Å²) in [5, 5.41) is 0.529. The molecule has 0 bridgehead atoms. The molecule has 0 aliphatic carbocycles. The van der Waals surface area contributed by atoms with Gasteiger partial charge in [-0.3, -0.25) is 0 Å². The van der Waals surface area contributed by atoms with E-state index in [2.05, 4.69) is 0 Å². The molecule has 0 saturated carbocycles. The van der Waals surface area contributed by atoms with Gasteiger partial charge in [-0.1, -0.05) is 11.6 Å². The Hall–Kier alpha value is -1.72. The van der Waals surface area contributed by atoms with Crippen molar-refractivity contribution >= 4 is 27.1 Å². The number of ether oxygens (including phenoxy) is 1. The Morgan fingerprint density at radius 1 is 1.19 bits per heavy atom. The van der Waals surface area contributed by atoms with Crippen LogP contribution in [0.1, 0.15) is 11.1 Å². The summed E-state index contributed by atoms with van der Waals surface area (Å²) in [7, 11) is -3.46. The minimum absolute atomic E-state index is 0.139. The Kier molecular flexibility index (Phi) is 3.55. The van der Waals surface area contributed by atoms with E-state index in [1.54, 1.807) is 18.2 Å². The van der Waals surface area contributed by atoms with Crippen molar-refractivity contribution in [3.8, 4) is 5.75 Å². The molecule has 1 aliphatic heterocycles. The molecule has 4 nitrogen and oxygen atoms in total. The van der Waals surface area contributed by atoms with Crippen molar-refractivity contribution in [3.05, 3.63) is 52.5 Å². The first-order valence-electron chi connectivity index (χ1n) is 6.48. The average Bonchev–Trinajstić information content (AvgIpc) is 2.87. The number of benzene rings is 2. The number of nitrogens with two attached hydrogens (primary N) is 1. The Balaban J connectivity index is 1.98. The first kappa shape index (κ1) is 14.2. The van der Waals surface area contributed by atoms with Gasteiger partial charge in [-0.15, -0.1) is 0 Å². The van der Waals surface area contributed by atoms with Crippen LogP contribution < -0.4 is 10.5 Å². The summed E-state index contributed by atoms with van der Waals surface area (Å²) in [6, 6.07) is 9.65. The van der Waals surface area contributed by atoms with Crippen LogP contribution in [0.2, 0.25) is 5.02 Å². The summed E-state index contributed by atoms with van der Waals surface area (Å²) in [4.78, 5) is 0.239. The van der Waals surface area contributed by atoms with Crippen LogP contribution in [-0.2, 0) is 22.0 Å². The third-order valence-electron chi connectivity index (χ3n) is 3.41. The second kappa shape index (κ2) is 5.24. The number of fused-ring (bicyclic) bond motifs is 1. The van der Waals surface area contributed by atoms with E-state index in [4.69, 9.17) is 22.1 Å². The Morgan fingerprint density at radius 3 is 2.62 bits per heavy atom. The summed E-state index contributed by atoms with van der Waals surface area (Å²) in [5.41, 5.74) is 7.68. The van der Waals surface area contributed by atoms with Gasteiger partial charge >= 0.3 is 0 Å². The van der Waals surface area contributed by atoms with Crippen molar-refractivity contribution in [1.29, 1.82) is 0 Å². The molecule has 0 amide bonds. The first-order valence-corrected chi connectivity index (χ1v) is 8.51. The summed E-state index contributed by atoms with van der Waals surface area (Å²) < 4.78 is 30.5. The number of nitrogen functional groups attached to an aromatic ring is 1. The van der Waals surface area contributed by atoms with Crippen LogP contribution >= 0.6 is 11.6 Å². The predicted molar refractivity (Wildman–Crippen MR) is 82.4 cm³/mol. The number of anilines is 1. The molecule has 0 atom stereocenters. The van der Waals surface area contributed by atoms with Crippen molar-refractivity contribution in [2.24, 2.45) is 0 Å². The van der Waals surface area contributed by atoms with E-state index in [1.807, 2.05) is 6.07 Å². The standard InChI is InChI=1S/C15H14ClNO3S/c16-12-7-10-5-6-20-15(10)11(8-12)9-21(18,19)14-3-1-13(17)2-4-14/h1-4,7-8H,5-6,9,17H2. The smallest absolute Gasteiger partial charge is 0.182 e. The molecule has 21 heavy (non-hydrogen) atoms. The second-order valence-corrected chi connectivity index (χ2v) is 7.41. The second-order valence-electron chi connectivity index (χ2n) is 4.98. The zero-order valence-corrected chi connectivity index (χ0v) is 12.7. The molecule has 2 aromatic rings. The fourth-order valence-electron chi connectivity index (χ4n) is 2.42. The molecule has 0 aromatic heterocycles. The SMILES string of the molecule is Nc1ccc(S(=O)(=O)Cc2cc(Cl)cc3c2OCC3)cc1. The highest BCUT2D eigenvalue weighted by Crippen LogP contribution is 2.34. The van der Waals surface area contributed by atoms with Gasteiger partial charge in [0.2, 0.25) is 0 Å². The van der Waals surface area contributed by atoms with E-state index in [0.29, 0.717) is 28.6 Å². The van der Waals surface area contributed by atoms with Gasteiger partial charge in [0.1, 0.15) is 5.75 Å². The Bertz CT molecular complexity index is 785. The highest BCUT2D eigenvalue weighted by molar-refractivity contribution is 7.90. The zero-order chi connectivity index (χ0) is 15.0. The molecule has 3 rings (SSSR count). The van der Waals surface area contributed by atoms with Gasteiger partial charge in [0.05, 0.1) is 17.3 Å². The fraction of sp³-hybridized carbons (Fsp3) is 0.200. The lowest BCUT2D eigenvalue weighted by molar-refractivity contribution is 0.354.